The first kappa shape index (κ1) is 21.8. The average Bonchev–Trinajstić information content (AvgIpc) is 2.65. The van der Waals surface area contributed by atoms with Crippen molar-refractivity contribution in [3.8, 4) is 0 Å². The Kier molecular flexibility index (Phi) is 6.74. The Morgan fingerprint density at radius 3 is 2.18 bits per heavy atom. The third-order valence-corrected chi connectivity index (χ3v) is 6.25. The Morgan fingerprint density at radius 2 is 1.64 bits per heavy atom. The summed E-state index contributed by atoms with van der Waals surface area (Å²) in [7, 11) is -0.850. The van der Waals surface area contributed by atoms with Crippen LogP contribution in [0.2, 0.25) is 0 Å². The zero-order valence-electron chi connectivity index (χ0n) is 16.7. The Hall–Kier alpha value is -2.51. The molecule has 0 fully saturated rings. The molecule has 0 saturated heterocycles. The summed E-state index contributed by atoms with van der Waals surface area (Å²) in [5.74, 6) is -0.700. The number of carbonyl (C=O) groups is 2. The molecule has 6 nitrogen and oxygen atoms in total. The van der Waals surface area contributed by atoms with Crippen molar-refractivity contribution in [3.05, 3.63) is 64.7 Å². The number of ketones is 1. The summed E-state index contributed by atoms with van der Waals surface area (Å²) < 4.78 is 30.7. The Bertz CT molecular complexity index is 976. The van der Waals surface area contributed by atoms with Crippen molar-refractivity contribution in [3.63, 3.8) is 0 Å². The Morgan fingerprint density at radius 1 is 1.04 bits per heavy atom. The third kappa shape index (κ3) is 4.85. The van der Waals surface area contributed by atoms with E-state index in [2.05, 4.69) is 13.8 Å². The van der Waals surface area contributed by atoms with E-state index in [-0.39, 0.29) is 16.2 Å². The number of ether oxygens (including phenoxy) is 1. The van der Waals surface area contributed by atoms with E-state index >= 15 is 0 Å². The fraction of sp³-hybridized carbons (Fsp3) is 0.333. The monoisotopic (exact) mass is 403 g/mol. The minimum absolute atomic E-state index is 0.00866. The maximum Gasteiger partial charge on any atom is 0.338 e. The van der Waals surface area contributed by atoms with Crippen molar-refractivity contribution in [2.45, 2.75) is 31.6 Å². The maximum absolute atomic E-state index is 12.4. The smallest absolute Gasteiger partial charge is 0.338 e. The lowest BCUT2D eigenvalue weighted by Gasteiger charge is -2.13. The highest BCUT2D eigenvalue weighted by Gasteiger charge is 2.21. The first-order valence-electron chi connectivity index (χ1n) is 8.87. The van der Waals surface area contributed by atoms with Crippen molar-refractivity contribution >= 4 is 21.8 Å². The predicted molar refractivity (Wildman–Crippen MR) is 107 cm³/mol. The minimum Gasteiger partial charge on any atom is -0.454 e. The van der Waals surface area contributed by atoms with Crippen LogP contribution in [0, 0.1) is 6.92 Å². The highest BCUT2D eigenvalue weighted by atomic mass is 32.2. The molecule has 2 rings (SSSR count). The number of hydrogen-bond acceptors (Lipinski definition) is 5. The van der Waals surface area contributed by atoms with Crippen LogP contribution in [0.1, 0.15) is 51.6 Å². The van der Waals surface area contributed by atoms with Gasteiger partial charge in [0.2, 0.25) is 10.0 Å². The molecule has 0 unspecified atom stereocenters. The van der Waals surface area contributed by atoms with Crippen molar-refractivity contribution < 1.29 is 22.7 Å². The van der Waals surface area contributed by atoms with E-state index in [0.717, 1.165) is 9.87 Å². The zero-order valence-corrected chi connectivity index (χ0v) is 17.5. The van der Waals surface area contributed by atoms with Crippen LogP contribution < -0.4 is 0 Å². The highest BCUT2D eigenvalue weighted by molar-refractivity contribution is 7.89. The molecule has 0 aromatic heterocycles. The molecule has 0 heterocycles. The summed E-state index contributed by atoms with van der Waals surface area (Å²) >= 11 is 0. The van der Waals surface area contributed by atoms with E-state index in [9.17, 15) is 18.0 Å². The number of aryl methyl sites for hydroxylation is 1. The van der Waals surface area contributed by atoms with Crippen molar-refractivity contribution in [2.75, 3.05) is 20.7 Å². The van der Waals surface area contributed by atoms with Gasteiger partial charge in [-0.15, -0.1) is 0 Å². The second kappa shape index (κ2) is 8.67. The first-order valence-corrected chi connectivity index (χ1v) is 10.3. The summed E-state index contributed by atoms with van der Waals surface area (Å²) in [6, 6.07) is 11.4. The minimum atomic E-state index is -3.68. The van der Waals surface area contributed by atoms with Gasteiger partial charge in [0.1, 0.15) is 0 Å². The molecule has 0 aliphatic heterocycles. The fourth-order valence-corrected chi connectivity index (χ4v) is 3.47. The number of rotatable bonds is 7. The summed E-state index contributed by atoms with van der Waals surface area (Å²) in [5.41, 5.74) is 2.25. The van der Waals surface area contributed by atoms with E-state index < -0.39 is 22.6 Å². The molecular formula is C21H25NO5S. The molecule has 0 atom stereocenters. The van der Waals surface area contributed by atoms with Crippen LogP contribution in [0.3, 0.4) is 0 Å². The Labute approximate surface area is 166 Å². The van der Waals surface area contributed by atoms with Gasteiger partial charge in [-0.2, -0.15) is 0 Å². The van der Waals surface area contributed by atoms with Crippen molar-refractivity contribution in [2.24, 2.45) is 0 Å². The molecule has 7 heteroatoms. The number of sulfonamides is 1. The van der Waals surface area contributed by atoms with Crippen molar-refractivity contribution in [1.29, 1.82) is 0 Å². The SMILES string of the molecule is Cc1ccc(S(=O)(=O)N(C)C)cc1C(=O)OCC(=O)c1ccc(C(C)C)cc1. The van der Waals surface area contributed by atoms with Crippen LogP contribution in [-0.4, -0.2) is 45.2 Å². The van der Waals surface area contributed by atoms with Crippen LogP contribution in [0.15, 0.2) is 47.4 Å². The average molecular weight is 404 g/mol. The van der Waals surface area contributed by atoms with Gasteiger partial charge < -0.3 is 4.74 Å². The molecule has 0 amide bonds. The fourth-order valence-electron chi connectivity index (χ4n) is 2.54. The molecule has 2 aromatic carbocycles. The van der Waals surface area contributed by atoms with Gasteiger partial charge in [-0.1, -0.05) is 44.2 Å². The standard InChI is InChI=1S/C21H25NO5S/c1-14(2)16-7-9-17(10-8-16)20(23)13-27-21(24)19-12-18(11-6-15(19)3)28(25,26)22(4)5/h6-12,14H,13H2,1-5H3. The number of nitrogens with zero attached hydrogens (tertiary/aromatic N) is 1. The number of carbonyl (C=O) groups excluding carboxylic acids is 2. The van der Waals surface area contributed by atoms with Gasteiger partial charge in [0.15, 0.2) is 12.4 Å². The van der Waals surface area contributed by atoms with Gasteiger partial charge in [0.25, 0.3) is 0 Å². The summed E-state index contributed by atoms with van der Waals surface area (Å²) in [4.78, 5) is 24.7. The molecule has 28 heavy (non-hydrogen) atoms. The number of hydrogen-bond donors (Lipinski definition) is 0. The topological polar surface area (TPSA) is 80.8 Å². The van der Waals surface area contributed by atoms with Gasteiger partial charge in [0, 0.05) is 19.7 Å². The molecule has 0 saturated carbocycles. The second-order valence-electron chi connectivity index (χ2n) is 7.04. The number of Topliss-reactive ketones (excluding diaryl/α,β-unsaturated/α-hetero) is 1. The first-order chi connectivity index (χ1) is 13.0. The summed E-state index contributed by atoms with van der Waals surface area (Å²) in [6.07, 6.45) is 0. The zero-order chi connectivity index (χ0) is 21.1. The highest BCUT2D eigenvalue weighted by Crippen LogP contribution is 2.19. The maximum atomic E-state index is 12.4. The van der Waals surface area contributed by atoms with Gasteiger partial charge in [-0.25, -0.2) is 17.5 Å². The summed E-state index contributed by atoms with van der Waals surface area (Å²) in [5, 5.41) is 0. The van der Waals surface area contributed by atoms with Gasteiger partial charge in [0.05, 0.1) is 10.5 Å². The molecule has 0 aliphatic rings. The molecule has 0 N–H and O–H groups in total. The van der Waals surface area contributed by atoms with Crippen LogP contribution in [0.25, 0.3) is 0 Å². The van der Waals surface area contributed by atoms with E-state index in [0.29, 0.717) is 17.0 Å². The lowest BCUT2D eigenvalue weighted by molar-refractivity contribution is 0.0473. The van der Waals surface area contributed by atoms with Gasteiger partial charge in [-0.3, -0.25) is 4.79 Å². The largest absolute Gasteiger partial charge is 0.454 e. The lowest BCUT2D eigenvalue weighted by atomic mass is 10.0. The molecule has 0 bridgehead atoms. The molecular weight excluding hydrogens is 378 g/mol. The normalized spacial score (nSPS) is 11.7. The molecule has 0 aliphatic carbocycles. The van der Waals surface area contributed by atoms with E-state index in [1.807, 2.05) is 12.1 Å². The quantitative estimate of drug-likeness (QED) is 0.523. The summed E-state index contributed by atoms with van der Waals surface area (Å²) in [6.45, 7) is 5.39. The van der Waals surface area contributed by atoms with E-state index in [1.165, 1.54) is 26.2 Å². The van der Waals surface area contributed by atoms with Crippen LogP contribution in [0.5, 0.6) is 0 Å². The van der Waals surface area contributed by atoms with Crippen LogP contribution in [-0.2, 0) is 14.8 Å². The third-order valence-electron chi connectivity index (χ3n) is 4.44. The van der Waals surface area contributed by atoms with Crippen LogP contribution in [0.4, 0.5) is 0 Å². The molecule has 0 spiro atoms. The predicted octanol–water partition coefficient (Wildman–Crippen LogP) is 3.41. The Balaban J connectivity index is 2.13. The van der Waals surface area contributed by atoms with Crippen LogP contribution >= 0.6 is 0 Å². The second-order valence-corrected chi connectivity index (χ2v) is 9.19. The number of esters is 1. The van der Waals surface area contributed by atoms with Gasteiger partial charge in [-0.05, 0) is 36.1 Å². The molecule has 150 valence electrons. The molecule has 2 aromatic rings. The number of benzene rings is 2. The molecule has 0 radical (unpaired) electrons. The lowest BCUT2D eigenvalue weighted by Crippen LogP contribution is -2.23. The van der Waals surface area contributed by atoms with Crippen molar-refractivity contribution in [1.82, 2.24) is 4.31 Å². The van der Waals surface area contributed by atoms with E-state index in [1.54, 1.807) is 25.1 Å². The van der Waals surface area contributed by atoms with E-state index in [4.69, 9.17) is 4.74 Å². The van der Waals surface area contributed by atoms with Gasteiger partial charge >= 0.3 is 5.97 Å².